The summed E-state index contributed by atoms with van der Waals surface area (Å²) in [5.41, 5.74) is 2.94. The van der Waals surface area contributed by atoms with Gasteiger partial charge in [0.2, 0.25) is 0 Å². The second-order valence-corrected chi connectivity index (χ2v) is 10.9. The summed E-state index contributed by atoms with van der Waals surface area (Å²) in [5, 5.41) is 29.5. The first kappa shape index (κ1) is 28.3. The summed E-state index contributed by atoms with van der Waals surface area (Å²) in [6.45, 7) is 0.596. The molecule has 1 amide bonds. The minimum atomic E-state index is -0.422. The number of nitro groups is 1. The Morgan fingerprint density at radius 2 is 1.74 bits per heavy atom. The Hall–Kier alpha value is -2.68. The lowest BCUT2D eigenvalue weighted by Crippen LogP contribution is -2.30. The van der Waals surface area contributed by atoms with Crippen LogP contribution in [0, 0.1) is 15.5 Å². The number of hydrogen-bond donors (Lipinski definition) is 2. The van der Waals surface area contributed by atoms with Gasteiger partial charge in [-0.3, -0.25) is 14.9 Å². The van der Waals surface area contributed by atoms with E-state index < -0.39 is 4.92 Å². The molecule has 1 aromatic rings. The van der Waals surface area contributed by atoms with E-state index in [0.29, 0.717) is 33.5 Å². The van der Waals surface area contributed by atoms with Crippen LogP contribution < -0.4 is 0 Å². The van der Waals surface area contributed by atoms with Gasteiger partial charge in [0.05, 0.1) is 34.2 Å². The molecule has 10 heteroatoms. The van der Waals surface area contributed by atoms with Crippen LogP contribution in [0.25, 0.3) is 0 Å². The number of allylic oxidation sites excluding steroid dienone is 7. The first-order chi connectivity index (χ1) is 18.2. The first-order valence-electron chi connectivity index (χ1n) is 12.1. The van der Waals surface area contributed by atoms with Crippen LogP contribution in [0.5, 0.6) is 0 Å². The highest BCUT2D eigenvalue weighted by molar-refractivity contribution is 6.42. The van der Waals surface area contributed by atoms with Crippen LogP contribution in [0.2, 0.25) is 10.0 Å². The van der Waals surface area contributed by atoms with Crippen molar-refractivity contribution in [1.82, 2.24) is 4.90 Å². The van der Waals surface area contributed by atoms with E-state index in [9.17, 15) is 14.9 Å². The fraction of sp³-hybridized carbons (Fsp3) is 0.321. The van der Waals surface area contributed by atoms with Gasteiger partial charge in [0.25, 0.3) is 11.6 Å². The van der Waals surface area contributed by atoms with Crippen molar-refractivity contribution in [3.8, 4) is 0 Å². The fourth-order valence-corrected chi connectivity index (χ4v) is 4.88. The van der Waals surface area contributed by atoms with Crippen molar-refractivity contribution in [2.75, 3.05) is 19.8 Å². The fourth-order valence-electron chi connectivity index (χ4n) is 4.39. The molecule has 7 nitrogen and oxygen atoms in total. The maximum absolute atomic E-state index is 13.4. The van der Waals surface area contributed by atoms with E-state index in [2.05, 4.69) is 0 Å². The molecule has 0 saturated heterocycles. The summed E-state index contributed by atoms with van der Waals surface area (Å²) in [4.78, 5) is 25.7. The van der Waals surface area contributed by atoms with Crippen LogP contribution in [-0.2, 0) is 0 Å². The summed E-state index contributed by atoms with van der Waals surface area (Å²) in [5.74, 6) is -0.173. The number of amides is 1. The van der Waals surface area contributed by atoms with Gasteiger partial charge in [-0.15, -0.1) is 0 Å². The van der Waals surface area contributed by atoms with Gasteiger partial charge in [0, 0.05) is 35.1 Å². The van der Waals surface area contributed by atoms with Crippen LogP contribution in [0.4, 0.5) is 0 Å². The molecule has 1 unspecified atom stereocenters. The highest BCUT2D eigenvalue weighted by Gasteiger charge is 2.41. The molecule has 1 atom stereocenters. The summed E-state index contributed by atoms with van der Waals surface area (Å²) in [7, 11) is 0. The van der Waals surface area contributed by atoms with Gasteiger partial charge < -0.3 is 15.1 Å². The summed E-state index contributed by atoms with van der Waals surface area (Å²) in [6.07, 6.45) is 17.2. The molecule has 38 heavy (non-hydrogen) atoms. The largest absolute Gasteiger partial charge is 0.396 e. The van der Waals surface area contributed by atoms with E-state index in [-0.39, 0.29) is 42.8 Å². The van der Waals surface area contributed by atoms with Crippen LogP contribution in [0.1, 0.15) is 47.6 Å². The Balaban J connectivity index is 0.000000417. The molecular weight excluding hydrogens is 551 g/mol. The molecule has 0 bridgehead atoms. The number of benzene rings is 1. The molecule has 1 saturated carbocycles. The van der Waals surface area contributed by atoms with Crippen molar-refractivity contribution in [2.45, 2.75) is 31.7 Å². The van der Waals surface area contributed by atoms with Gasteiger partial charge >= 0.3 is 0 Å². The molecule has 1 aliphatic heterocycles. The monoisotopic (exact) mass is 576 g/mol. The molecule has 2 N–H and O–H groups in total. The molecule has 3 aliphatic carbocycles. The molecule has 200 valence electrons. The third-order valence-electron chi connectivity index (χ3n) is 6.95. The number of carbonyl (C=O) groups excluding carboxylic acids is 1. The van der Waals surface area contributed by atoms with Gasteiger partial charge in [-0.25, -0.2) is 0 Å². The molecule has 1 aromatic carbocycles. The number of rotatable bonds is 6. The number of aliphatic hydroxyl groups excluding tert-OH is 2. The zero-order chi connectivity index (χ0) is 27.4. The molecule has 1 fully saturated rings. The molecule has 5 rings (SSSR count). The van der Waals surface area contributed by atoms with Crippen LogP contribution >= 0.6 is 34.8 Å². The first-order valence-corrected chi connectivity index (χ1v) is 13.3. The van der Waals surface area contributed by atoms with E-state index in [1.807, 2.05) is 30.4 Å². The van der Waals surface area contributed by atoms with Crippen LogP contribution in [-0.4, -0.2) is 45.7 Å². The van der Waals surface area contributed by atoms with Gasteiger partial charge in [0.1, 0.15) is 0 Å². The third-order valence-corrected chi connectivity index (χ3v) is 7.95. The van der Waals surface area contributed by atoms with Gasteiger partial charge in [-0.1, -0.05) is 65.2 Å². The number of aliphatic hydroxyl groups is 2. The predicted molar refractivity (Wildman–Crippen MR) is 149 cm³/mol. The quantitative estimate of drug-likeness (QED) is 0.305. The summed E-state index contributed by atoms with van der Waals surface area (Å²) < 4.78 is 0. The van der Waals surface area contributed by atoms with Crippen molar-refractivity contribution in [2.24, 2.45) is 5.41 Å². The van der Waals surface area contributed by atoms with Crippen molar-refractivity contribution in [3.05, 3.63) is 114 Å². The number of halogens is 3. The van der Waals surface area contributed by atoms with E-state index in [1.54, 1.807) is 29.2 Å². The lowest BCUT2D eigenvalue weighted by Gasteiger charge is -2.27. The van der Waals surface area contributed by atoms with E-state index in [0.717, 1.165) is 29.6 Å². The SMILES string of the molecule is O=C1c2cc(Cl)c(Cl)cc2C(C2=CC=C(Cl)CC=C2)N1CC1=CCC=C([N+](=O)[O-])C=C1.OCC1(CO)CC1. The van der Waals surface area contributed by atoms with Crippen molar-refractivity contribution < 1.29 is 19.9 Å². The molecule has 0 spiro atoms. The minimum Gasteiger partial charge on any atom is -0.396 e. The van der Waals surface area contributed by atoms with E-state index in [4.69, 9.17) is 45.0 Å². The van der Waals surface area contributed by atoms with Gasteiger partial charge in [0.15, 0.2) is 0 Å². The Morgan fingerprint density at radius 3 is 2.37 bits per heavy atom. The number of fused-ring (bicyclic) bond motifs is 1. The van der Waals surface area contributed by atoms with E-state index in [1.165, 1.54) is 6.08 Å². The van der Waals surface area contributed by atoms with Crippen LogP contribution in [0.15, 0.2) is 82.6 Å². The topological polar surface area (TPSA) is 104 Å². The Kier molecular flexibility index (Phi) is 8.96. The highest BCUT2D eigenvalue weighted by atomic mass is 35.5. The molecular formula is C28H27Cl3N2O5. The Morgan fingerprint density at radius 1 is 1.03 bits per heavy atom. The second kappa shape index (κ2) is 12.0. The number of hydrogen-bond acceptors (Lipinski definition) is 5. The molecule has 1 heterocycles. The summed E-state index contributed by atoms with van der Waals surface area (Å²) in [6, 6.07) is 2.95. The number of carbonyl (C=O) groups is 1. The standard InChI is InChI=1S/C23H17Cl3N2O3.C5H10O2/c24-16-5-2-4-15(8-9-16)22-18-11-20(25)21(26)12-19(18)23(29)27(22)13-14-3-1-6-17(10-7-14)28(30)31;6-3-5(4-7)1-2-5/h2-4,6-12,22H,1,5,13H2;6-7H,1-4H2. The van der Waals surface area contributed by atoms with Crippen LogP contribution in [0.3, 0.4) is 0 Å². The number of nitrogens with zero attached hydrogens (tertiary/aromatic N) is 2. The highest BCUT2D eigenvalue weighted by Crippen LogP contribution is 2.44. The predicted octanol–water partition coefficient (Wildman–Crippen LogP) is 6.30. The lowest BCUT2D eigenvalue weighted by molar-refractivity contribution is -0.419. The van der Waals surface area contributed by atoms with Crippen molar-refractivity contribution >= 4 is 40.7 Å². The average molecular weight is 578 g/mol. The Bertz CT molecular complexity index is 1320. The maximum Gasteiger partial charge on any atom is 0.265 e. The second-order valence-electron chi connectivity index (χ2n) is 9.63. The summed E-state index contributed by atoms with van der Waals surface area (Å²) >= 11 is 18.7. The molecule has 0 radical (unpaired) electrons. The Labute approximate surface area is 235 Å². The zero-order valence-electron chi connectivity index (χ0n) is 20.4. The minimum absolute atomic E-state index is 0.0339. The van der Waals surface area contributed by atoms with Crippen molar-refractivity contribution in [3.63, 3.8) is 0 Å². The zero-order valence-corrected chi connectivity index (χ0v) is 22.7. The molecule has 0 aromatic heterocycles. The lowest BCUT2D eigenvalue weighted by atomic mass is 9.97. The maximum atomic E-state index is 13.4. The average Bonchev–Trinajstić information content (AvgIpc) is 3.70. The smallest absolute Gasteiger partial charge is 0.265 e. The van der Waals surface area contributed by atoms with Crippen molar-refractivity contribution in [1.29, 1.82) is 0 Å². The van der Waals surface area contributed by atoms with E-state index >= 15 is 0 Å². The third kappa shape index (κ3) is 6.30. The van der Waals surface area contributed by atoms with Gasteiger partial charge in [-0.2, -0.15) is 0 Å². The normalized spacial score (nSPS) is 21.2. The molecule has 4 aliphatic rings. The van der Waals surface area contributed by atoms with Gasteiger partial charge in [-0.05, 0) is 60.3 Å².